The number of aryl methyl sites for hydroxylation is 1. The van der Waals surface area contributed by atoms with E-state index in [1.165, 1.54) is 16.8 Å². The lowest BCUT2D eigenvalue weighted by molar-refractivity contribution is 0.0942. The molecule has 0 atom stereocenters. The number of carbonyl (C=O) groups excluding carboxylic acids is 1. The summed E-state index contributed by atoms with van der Waals surface area (Å²) in [6.07, 6.45) is 1.55. The van der Waals surface area contributed by atoms with Gasteiger partial charge in [0.2, 0.25) is 5.95 Å². The van der Waals surface area contributed by atoms with Crippen molar-refractivity contribution in [3.63, 3.8) is 0 Å². The molecule has 4 rings (SSSR count). The van der Waals surface area contributed by atoms with Gasteiger partial charge in [-0.05, 0) is 36.8 Å². The minimum atomic E-state index is -0.391. The van der Waals surface area contributed by atoms with Gasteiger partial charge in [-0.25, -0.2) is 4.39 Å². The number of halogens is 1. The van der Waals surface area contributed by atoms with Gasteiger partial charge >= 0.3 is 0 Å². The van der Waals surface area contributed by atoms with E-state index in [2.05, 4.69) is 20.4 Å². The molecule has 0 amide bonds. The largest absolute Gasteiger partial charge is 0.350 e. The second-order valence-corrected chi connectivity index (χ2v) is 6.54. The first-order valence-corrected chi connectivity index (χ1v) is 9.08. The molecule has 2 aromatic carbocycles. The zero-order valence-corrected chi connectivity index (χ0v) is 15.7. The van der Waals surface area contributed by atoms with Crippen LogP contribution >= 0.6 is 0 Å². The summed E-state index contributed by atoms with van der Waals surface area (Å²) in [5.74, 6) is 0.0263. The lowest BCUT2D eigenvalue weighted by Crippen LogP contribution is -2.18. The minimum absolute atomic E-state index is 0.262. The lowest BCUT2D eigenvalue weighted by atomic mass is 10.1. The Labute approximate surface area is 167 Å². The van der Waals surface area contributed by atoms with Crippen LogP contribution < -0.4 is 5.32 Å². The number of nitrogens with one attached hydrogen (secondary N) is 1. The maximum Gasteiger partial charge on any atom is 0.299 e. The molecule has 4 aromatic rings. The number of hydrogen-bond acceptors (Lipinski definition) is 5. The highest BCUT2D eigenvalue weighted by Crippen LogP contribution is 2.20. The van der Waals surface area contributed by atoms with Crippen molar-refractivity contribution in [3.8, 4) is 11.4 Å². The molecule has 0 radical (unpaired) electrons. The third-order valence-electron chi connectivity index (χ3n) is 4.36. The molecule has 0 fully saturated rings. The summed E-state index contributed by atoms with van der Waals surface area (Å²) in [5.41, 5.74) is 3.03. The van der Waals surface area contributed by atoms with Crippen molar-refractivity contribution in [1.82, 2.24) is 19.7 Å². The molecule has 2 aromatic heterocycles. The number of carbonyl (C=O) groups is 1. The van der Waals surface area contributed by atoms with Crippen molar-refractivity contribution in [1.29, 1.82) is 0 Å². The van der Waals surface area contributed by atoms with E-state index < -0.39 is 5.91 Å². The van der Waals surface area contributed by atoms with Crippen molar-refractivity contribution in [2.24, 2.45) is 0 Å². The van der Waals surface area contributed by atoms with Crippen LogP contribution in [0.25, 0.3) is 11.4 Å². The van der Waals surface area contributed by atoms with Crippen LogP contribution in [-0.2, 0) is 6.54 Å². The highest BCUT2D eigenvalue weighted by Gasteiger charge is 2.19. The van der Waals surface area contributed by atoms with Gasteiger partial charge in [0, 0.05) is 18.3 Å². The summed E-state index contributed by atoms with van der Waals surface area (Å²) >= 11 is 0. The molecule has 0 spiro atoms. The normalized spacial score (nSPS) is 10.7. The van der Waals surface area contributed by atoms with E-state index in [-0.39, 0.29) is 11.5 Å². The van der Waals surface area contributed by atoms with Gasteiger partial charge in [0.05, 0.1) is 0 Å². The zero-order chi connectivity index (χ0) is 20.2. The first-order chi connectivity index (χ1) is 14.1. The number of pyridine rings is 1. The first kappa shape index (κ1) is 18.5. The van der Waals surface area contributed by atoms with Crippen molar-refractivity contribution in [2.75, 3.05) is 5.32 Å². The number of aromatic nitrogens is 4. The summed E-state index contributed by atoms with van der Waals surface area (Å²) in [5, 5.41) is 7.53. The van der Waals surface area contributed by atoms with Crippen LogP contribution in [0.1, 0.15) is 21.6 Å². The van der Waals surface area contributed by atoms with Crippen LogP contribution in [0.2, 0.25) is 0 Å². The number of rotatable bonds is 5. The van der Waals surface area contributed by atoms with Gasteiger partial charge in [0.25, 0.3) is 5.91 Å². The Kier molecular flexibility index (Phi) is 5.11. The molecule has 0 aliphatic heterocycles. The maximum atomic E-state index is 13.1. The Morgan fingerprint density at radius 2 is 1.79 bits per heavy atom. The van der Waals surface area contributed by atoms with Gasteiger partial charge < -0.3 is 5.32 Å². The molecule has 0 bridgehead atoms. The zero-order valence-electron chi connectivity index (χ0n) is 15.7. The Hall–Kier alpha value is -3.87. The van der Waals surface area contributed by atoms with Crippen molar-refractivity contribution in [2.45, 2.75) is 13.5 Å². The van der Waals surface area contributed by atoms with Crippen LogP contribution in [0, 0.1) is 12.7 Å². The predicted octanol–water partition coefficient (Wildman–Crippen LogP) is 4.09. The summed E-state index contributed by atoms with van der Waals surface area (Å²) in [6, 6.07) is 19.0. The van der Waals surface area contributed by atoms with Crippen LogP contribution in [0.5, 0.6) is 0 Å². The average Bonchev–Trinajstić information content (AvgIpc) is 3.18. The molecule has 29 heavy (non-hydrogen) atoms. The molecular weight excluding hydrogens is 369 g/mol. The van der Waals surface area contributed by atoms with Gasteiger partial charge in [0.15, 0.2) is 5.82 Å². The highest BCUT2D eigenvalue weighted by molar-refractivity contribution is 5.95. The summed E-state index contributed by atoms with van der Waals surface area (Å²) < 4.78 is 14.3. The average molecular weight is 387 g/mol. The number of hydrogen-bond donors (Lipinski definition) is 1. The fourth-order valence-corrected chi connectivity index (χ4v) is 2.77. The smallest absolute Gasteiger partial charge is 0.299 e. The van der Waals surface area contributed by atoms with E-state index in [9.17, 15) is 9.18 Å². The molecule has 0 aliphatic carbocycles. The van der Waals surface area contributed by atoms with Gasteiger partial charge in [0.1, 0.15) is 11.5 Å². The first-order valence-electron chi connectivity index (χ1n) is 9.08. The number of anilines is 1. The van der Waals surface area contributed by atoms with E-state index in [1.54, 1.807) is 36.5 Å². The summed E-state index contributed by atoms with van der Waals surface area (Å²) in [4.78, 5) is 21.5. The molecule has 0 aliphatic rings. The Morgan fingerprint density at radius 1 is 1.03 bits per heavy atom. The Bertz CT molecular complexity index is 1120. The molecule has 2 heterocycles. The Morgan fingerprint density at radius 3 is 2.48 bits per heavy atom. The van der Waals surface area contributed by atoms with Gasteiger partial charge in [-0.1, -0.05) is 48.0 Å². The molecule has 1 N–H and O–H groups in total. The van der Waals surface area contributed by atoms with Crippen LogP contribution in [0.4, 0.5) is 10.3 Å². The van der Waals surface area contributed by atoms with Gasteiger partial charge in [-0.15, -0.1) is 5.10 Å². The van der Waals surface area contributed by atoms with Crippen molar-refractivity contribution < 1.29 is 9.18 Å². The highest BCUT2D eigenvalue weighted by atomic mass is 19.1. The third kappa shape index (κ3) is 4.19. The van der Waals surface area contributed by atoms with E-state index in [4.69, 9.17) is 0 Å². The molecule has 7 heteroatoms. The van der Waals surface area contributed by atoms with Crippen LogP contribution in [0.15, 0.2) is 72.9 Å². The van der Waals surface area contributed by atoms with Gasteiger partial charge in [-0.2, -0.15) is 9.67 Å². The number of nitrogens with zero attached hydrogens (tertiary/aromatic N) is 4. The van der Waals surface area contributed by atoms with E-state index in [0.29, 0.717) is 18.3 Å². The molecule has 0 unspecified atom stereocenters. The fourth-order valence-electron chi connectivity index (χ4n) is 2.77. The van der Waals surface area contributed by atoms with E-state index in [0.717, 1.165) is 16.7 Å². The second-order valence-electron chi connectivity index (χ2n) is 6.54. The van der Waals surface area contributed by atoms with E-state index in [1.807, 2.05) is 31.2 Å². The molecule has 6 nitrogen and oxygen atoms in total. The molecule has 0 saturated carbocycles. The maximum absolute atomic E-state index is 13.1. The standard InChI is InChI=1S/C22H18FN5O/c1-15-5-9-17(10-6-15)20-26-22(25-14-16-7-11-18(23)12-8-16)28(27-20)21(29)19-4-2-3-13-24-19/h2-13H,14H2,1H3,(H,25,26,27). The fraction of sp³-hybridized carbons (Fsp3) is 0.0909. The molecule has 144 valence electrons. The van der Waals surface area contributed by atoms with Crippen LogP contribution in [-0.4, -0.2) is 25.7 Å². The van der Waals surface area contributed by atoms with Crippen LogP contribution in [0.3, 0.4) is 0 Å². The van der Waals surface area contributed by atoms with Gasteiger partial charge in [-0.3, -0.25) is 9.78 Å². The topological polar surface area (TPSA) is 72.7 Å². The Balaban J connectivity index is 1.68. The number of benzene rings is 2. The minimum Gasteiger partial charge on any atom is -0.350 e. The quantitative estimate of drug-likeness (QED) is 0.558. The predicted molar refractivity (Wildman–Crippen MR) is 108 cm³/mol. The molecular formula is C22H18FN5O. The summed E-state index contributed by atoms with van der Waals surface area (Å²) in [6.45, 7) is 2.36. The van der Waals surface area contributed by atoms with E-state index >= 15 is 0 Å². The third-order valence-corrected chi connectivity index (χ3v) is 4.36. The lowest BCUT2D eigenvalue weighted by Gasteiger charge is -2.07. The SMILES string of the molecule is Cc1ccc(-c2nc(NCc3ccc(F)cc3)n(C(=O)c3ccccn3)n2)cc1. The second kappa shape index (κ2) is 8.02. The van der Waals surface area contributed by atoms with Crippen molar-refractivity contribution >= 4 is 11.9 Å². The molecule has 0 saturated heterocycles. The monoisotopic (exact) mass is 387 g/mol. The summed E-state index contributed by atoms with van der Waals surface area (Å²) in [7, 11) is 0. The van der Waals surface area contributed by atoms with Crippen molar-refractivity contribution in [3.05, 3.63) is 95.6 Å².